The summed E-state index contributed by atoms with van der Waals surface area (Å²) in [6.45, 7) is 7.56. The van der Waals surface area contributed by atoms with E-state index in [2.05, 4.69) is 10.1 Å². The molecule has 5 nitrogen and oxygen atoms in total. The van der Waals surface area contributed by atoms with E-state index in [-0.39, 0.29) is 11.9 Å². The second kappa shape index (κ2) is 7.47. The van der Waals surface area contributed by atoms with Gasteiger partial charge >= 0.3 is 0 Å². The lowest BCUT2D eigenvalue weighted by Gasteiger charge is -2.27. The van der Waals surface area contributed by atoms with E-state index in [1.54, 1.807) is 12.4 Å². The Labute approximate surface area is 149 Å². The third-order valence-electron chi connectivity index (χ3n) is 4.35. The van der Waals surface area contributed by atoms with Gasteiger partial charge in [0.1, 0.15) is 0 Å². The maximum atomic E-state index is 12.9. The van der Waals surface area contributed by atoms with Crippen LogP contribution in [0.15, 0.2) is 53.9 Å². The van der Waals surface area contributed by atoms with Gasteiger partial charge in [-0.3, -0.25) is 14.8 Å². The Morgan fingerprint density at radius 3 is 2.56 bits per heavy atom. The van der Waals surface area contributed by atoms with Crippen molar-refractivity contribution in [3.05, 3.63) is 59.9 Å². The van der Waals surface area contributed by atoms with Crippen molar-refractivity contribution in [2.75, 3.05) is 11.6 Å². The first-order valence-corrected chi connectivity index (χ1v) is 8.66. The molecule has 0 unspecified atom stereocenters. The first kappa shape index (κ1) is 17.1. The number of aromatic nitrogens is 1. The van der Waals surface area contributed by atoms with Crippen LogP contribution in [0.1, 0.15) is 43.1 Å². The summed E-state index contributed by atoms with van der Waals surface area (Å²) in [5.74, 6) is 0.0338. The van der Waals surface area contributed by atoms with Crippen LogP contribution in [0.2, 0.25) is 0 Å². The number of nitrogens with zero attached hydrogens (tertiary/aromatic N) is 4. The number of pyridine rings is 1. The number of benzene rings is 1. The van der Waals surface area contributed by atoms with Gasteiger partial charge in [-0.2, -0.15) is 5.10 Å². The minimum absolute atomic E-state index is 0.0338. The fourth-order valence-electron chi connectivity index (χ4n) is 2.88. The van der Waals surface area contributed by atoms with E-state index in [0.29, 0.717) is 12.1 Å². The lowest BCUT2D eigenvalue weighted by molar-refractivity contribution is 0.0690. The van der Waals surface area contributed by atoms with Gasteiger partial charge in [0.05, 0.1) is 5.69 Å². The third-order valence-corrected chi connectivity index (χ3v) is 4.35. The average Bonchev–Trinajstić information content (AvgIpc) is 3.06. The number of rotatable bonds is 5. The van der Waals surface area contributed by atoms with Crippen LogP contribution >= 0.6 is 0 Å². The number of hydrogen-bond donors (Lipinski definition) is 0. The van der Waals surface area contributed by atoms with Gasteiger partial charge in [0.2, 0.25) is 0 Å². The molecule has 0 atom stereocenters. The molecule has 0 saturated carbocycles. The normalized spacial score (nSPS) is 13.9. The van der Waals surface area contributed by atoms with E-state index >= 15 is 0 Å². The van der Waals surface area contributed by atoms with E-state index in [9.17, 15) is 4.79 Å². The minimum Gasteiger partial charge on any atom is -0.332 e. The summed E-state index contributed by atoms with van der Waals surface area (Å²) in [4.78, 5) is 18.9. The van der Waals surface area contributed by atoms with Gasteiger partial charge in [-0.25, -0.2) is 0 Å². The SMILES string of the molecule is CC1=NN(c2ccc(C(=O)N(Cc3cccnc3)C(C)C)cc2)CC1. The summed E-state index contributed by atoms with van der Waals surface area (Å²) >= 11 is 0. The number of hydrogen-bond acceptors (Lipinski definition) is 4. The predicted molar refractivity (Wildman–Crippen MR) is 101 cm³/mol. The molecule has 1 aromatic heterocycles. The molecule has 1 aromatic carbocycles. The Balaban J connectivity index is 1.75. The summed E-state index contributed by atoms with van der Waals surface area (Å²) in [6, 6.07) is 11.7. The van der Waals surface area contributed by atoms with Gasteiger partial charge in [-0.15, -0.1) is 0 Å². The van der Waals surface area contributed by atoms with E-state index in [0.717, 1.165) is 29.9 Å². The molecule has 1 amide bonds. The van der Waals surface area contributed by atoms with Gasteiger partial charge < -0.3 is 4.90 Å². The average molecular weight is 336 g/mol. The molecule has 0 spiro atoms. The Bertz CT molecular complexity index is 753. The molecule has 130 valence electrons. The molecule has 5 heteroatoms. The van der Waals surface area contributed by atoms with Crippen LogP contribution in [0.25, 0.3) is 0 Å². The number of hydrazone groups is 1. The highest BCUT2D eigenvalue weighted by atomic mass is 16.2. The molecular weight excluding hydrogens is 312 g/mol. The molecule has 0 bridgehead atoms. The molecule has 1 aliphatic heterocycles. The van der Waals surface area contributed by atoms with Crippen molar-refractivity contribution in [3.63, 3.8) is 0 Å². The first-order valence-electron chi connectivity index (χ1n) is 8.66. The van der Waals surface area contributed by atoms with E-state index < -0.39 is 0 Å². The Hall–Kier alpha value is -2.69. The largest absolute Gasteiger partial charge is 0.332 e. The molecule has 0 aliphatic carbocycles. The van der Waals surface area contributed by atoms with Gasteiger partial charge in [0.25, 0.3) is 5.91 Å². The molecule has 0 fully saturated rings. The fraction of sp³-hybridized carbons (Fsp3) is 0.350. The first-order chi connectivity index (χ1) is 12.0. The van der Waals surface area contributed by atoms with Crippen molar-refractivity contribution in [1.82, 2.24) is 9.88 Å². The highest BCUT2D eigenvalue weighted by molar-refractivity contribution is 5.95. The van der Waals surface area contributed by atoms with E-state index in [4.69, 9.17) is 0 Å². The smallest absolute Gasteiger partial charge is 0.254 e. The molecule has 2 heterocycles. The zero-order valence-electron chi connectivity index (χ0n) is 15.0. The standard InChI is InChI=1S/C20H24N4O/c1-15(2)23(14-17-5-4-11-21-13-17)20(25)18-6-8-19(9-7-18)24-12-10-16(3)22-24/h4-9,11,13,15H,10,12,14H2,1-3H3. The van der Waals surface area contributed by atoms with Crippen LogP contribution in [0.3, 0.4) is 0 Å². The summed E-state index contributed by atoms with van der Waals surface area (Å²) in [5, 5.41) is 6.49. The molecule has 0 saturated heterocycles. The maximum absolute atomic E-state index is 12.9. The van der Waals surface area contributed by atoms with Crippen molar-refractivity contribution in [2.24, 2.45) is 5.10 Å². The number of anilines is 1. The highest BCUT2D eigenvalue weighted by Gasteiger charge is 2.20. The van der Waals surface area contributed by atoms with Crippen molar-refractivity contribution in [1.29, 1.82) is 0 Å². The van der Waals surface area contributed by atoms with Crippen LogP contribution in [0, 0.1) is 0 Å². The number of carbonyl (C=O) groups is 1. The summed E-state index contributed by atoms with van der Waals surface area (Å²) in [5.41, 5.74) is 3.89. The third kappa shape index (κ3) is 4.05. The summed E-state index contributed by atoms with van der Waals surface area (Å²) in [7, 11) is 0. The maximum Gasteiger partial charge on any atom is 0.254 e. The summed E-state index contributed by atoms with van der Waals surface area (Å²) < 4.78 is 0. The van der Waals surface area contributed by atoms with Crippen molar-refractivity contribution < 1.29 is 4.79 Å². The van der Waals surface area contributed by atoms with Crippen LogP contribution in [-0.2, 0) is 6.54 Å². The fourth-order valence-corrected chi connectivity index (χ4v) is 2.88. The van der Waals surface area contributed by atoms with E-state index in [1.807, 2.05) is 67.1 Å². The molecule has 0 N–H and O–H groups in total. The second-order valence-electron chi connectivity index (χ2n) is 6.64. The predicted octanol–water partition coefficient (Wildman–Crippen LogP) is 3.72. The Kier molecular flexibility index (Phi) is 5.12. The molecule has 25 heavy (non-hydrogen) atoms. The van der Waals surface area contributed by atoms with E-state index in [1.165, 1.54) is 0 Å². The number of carbonyl (C=O) groups excluding carboxylic acids is 1. The Morgan fingerprint density at radius 2 is 2.00 bits per heavy atom. The molecule has 2 aromatic rings. The van der Waals surface area contributed by atoms with Crippen LogP contribution in [-0.4, -0.2) is 34.1 Å². The molecule has 0 radical (unpaired) electrons. The topological polar surface area (TPSA) is 48.8 Å². The summed E-state index contributed by atoms with van der Waals surface area (Å²) in [6.07, 6.45) is 4.54. The highest BCUT2D eigenvalue weighted by Crippen LogP contribution is 2.21. The van der Waals surface area contributed by atoms with Crippen LogP contribution in [0.5, 0.6) is 0 Å². The molecule has 3 rings (SSSR count). The van der Waals surface area contributed by atoms with Crippen molar-refractivity contribution >= 4 is 17.3 Å². The lowest BCUT2D eigenvalue weighted by Crippen LogP contribution is -2.36. The van der Waals surface area contributed by atoms with Gasteiger partial charge in [0, 0.05) is 49.2 Å². The Morgan fingerprint density at radius 1 is 1.24 bits per heavy atom. The monoisotopic (exact) mass is 336 g/mol. The minimum atomic E-state index is 0.0338. The lowest BCUT2D eigenvalue weighted by atomic mass is 10.1. The van der Waals surface area contributed by atoms with Gasteiger partial charge in [-0.1, -0.05) is 6.07 Å². The number of amides is 1. The van der Waals surface area contributed by atoms with Gasteiger partial charge in [-0.05, 0) is 56.7 Å². The van der Waals surface area contributed by atoms with Crippen molar-refractivity contribution in [3.8, 4) is 0 Å². The zero-order valence-corrected chi connectivity index (χ0v) is 15.0. The molecular formula is C20H24N4O. The quantitative estimate of drug-likeness (QED) is 0.836. The zero-order chi connectivity index (χ0) is 17.8. The van der Waals surface area contributed by atoms with Crippen molar-refractivity contribution in [2.45, 2.75) is 39.8 Å². The molecule has 1 aliphatic rings. The second-order valence-corrected chi connectivity index (χ2v) is 6.64. The van der Waals surface area contributed by atoms with Crippen LogP contribution in [0.4, 0.5) is 5.69 Å². The van der Waals surface area contributed by atoms with Gasteiger partial charge in [0.15, 0.2) is 0 Å². The van der Waals surface area contributed by atoms with Crippen LogP contribution < -0.4 is 5.01 Å².